The van der Waals surface area contributed by atoms with Gasteiger partial charge in [0.05, 0.1) is 0 Å². The molecule has 8 nitrogen and oxygen atoms in total. The van der Waals surface area contributed by atoms with E-state index in [1.807, 2.05) is 27.7 Å². The Morgan fingerprint density at radius 3 is 2.38 bits per heavy atom. The lowest BCUT2D eigenvalue weighted by Crippen LogP contribution is -2.54. The molecule has 32 heavy (non-hydrogen) atoms. The van der Waals surface area contributed by atoms with Crippen LogP contribution in [0.15, 0.2) is 18.2 Å². The fourth-order valence-corrected chi connectivity index (χ4v) is 4.06. The summed E-state index contributed by atoms with van der Waals surface area (Å²) in [6, 6.07) is 4.63. The lowest BCUT2D eigenvalue weighted by atomic mass is 9.88. The summed E-state index contributed by atoms with van der Waals surface area (Å²) in [6.45, 7) is 9.83. The molecule has 0 radical (unpaired) electrons. The summed E-state index contributed by atoms with van der Waals surface area (Å²) in [5, 5.41) is 5.92. The van der Waals surface area contributed by atoms with E-state index in [4.69, 9.17) is 9.47 Å². The number of nitrogens with zero attached hydrogens (tertiary/aromatic N) is 1. The van der Waals surface area contributed by atoms with Crippen LogP contribution >= 0.6 is 0 Å². The number of rotatable bonds is 8. The Hall–Kier alpha value is -2.77. The molecule has 3 rings (SSSR count). The smallest absolute Gasteiger partial charge is 0.253 e. The van der Waals surface area contributed by atoms with E-state index in [0.717, 1.165) is 0 Å². The van der Waals surface area contributed by atoms with Gasteiger partial charge >= 0.3 is 0 Å². The molecule has 0 spiro atoms. The second-order valence-electron chi connectivity index (χ2n) is 9.48. The molecular weight excluding hydrogens is 410 g/mol. The molecule has 2 aliphatic rings. The van der Waals surface area contributed by atoms with Crippen LogP contribution in [0.5, 0.6) is 11.5 Å². The van der Waals surface area contributed by atoms with Crippen molar-refractivity contribution in [2.75, 3.05) is 26.4 Å². The second kappa shape index (κ2) is 10.7. The number of carbonyl (C=O) groups excluding carboxylic acids is 3. The zero-order valence-electron chi connectivity index (χ0n) is 19.5. The molecular formula is C24H35N3O5. The zero-order chi connectivity index (χ0) is 23.3. The highest BCUT2D eigenvalue weighted by molar-refractivity contribution is 5.95. The Labute approximate surface area is 190 Å². The number of ether oxygens (including phenoxy) is 2. The molecule has 1 saturated heterocycles. The van der Waals surface area contributed by atoms with E-state index >= 15 is 0 Å². The van der Waals surface area contributed by atoms with E-state index in [9.17, 15) is 14.4 Å². The third-order valence-corrected chi connectivity index (χ3v) is 5.79. The minimum atomic E-state index is -0.581. The van der Waals surface area contributed by atoms with Crippen LogP contribution in [-0.4, -0.2) is 55.1 Å². The minimum Gasteiger partial charge on any atom is -0.454 e. The van der Waals surface area contributed by atoms with Gasteiger partial charge in [-0.3, -0.25) is 14.4 Å². The summed E-state index contributed by atoms with van der Waals surface area (Å²) in [6.07, 6.45) is 1.69. The van der Waals surface area contributed by atoms with Crippen LogP contribution in [0.3, 0.4) is 0 Å². The van der Waals surface area contributed by atoms with Crippen LogP contribution in [0, 0.1) is 17.8 Å². The average molecular weight is 446 g/mol. The third kappa shape index (κ3) is 6.14. The second-order valence-corrected chi connectivity index (χ2v) is 9.48. The molecule has 0 bridgehead atoms. The van der Waals surface area contributed by atoms with Crippen LogP contribution in [0.2, 0.25) is 0 Å². The number of likely N-dealkylation sites (tertiary alicyclic amines) is 1. The number of piperidine rings is 1. The lowest BCUT2D eigenvalue weighted by Gasteiger charge is -2.36. The van der Waals surface area contributed by atoms with Crippen molar-refractivity contribution in [2.24, 2.45) is 17.8 Å². The Kier molecular flexibility index (Phi) is 7.99. The summed E-state index contributed by atoms with van der Waals surface area (Å²) in [7, 11) is 0. The molecule has 1 aromatic carbocycles. The third-order valence-electron chi connectivity index (χ3n) is 5.79. The molecule has 1 atom stereocenters. The molecule has 1 fully saturated rings. The van der Waals surface area contributed by atoms with Gasteiger partial charge in [0, 0.05) is 31.6 Å². The van der Waals surface area contributed by atoms with Gasteiger partial charge in [0.1, 0.15) is 6.04 Å². The van der Waals surface area contributed by atoms with Crippen molar-refractivity contribution in [1.29, 1.82) is 0 Å². The number of nitrogens with one attached hydrogen (secondary N) is 2. The molecule has 0 aromatic heterocycles. The molecule has 176 valence electrons. The van der Waals surface area contributed by atoms with Crippen LogP contribution in [0.4, 0.5) is 0 Å². The van der Waals surface area contributed by atoms with E-state index in [1.54, 1.807) is 23.1 Å². The summed E-state index contributed by atoms with van der Waals surface area (Å²) in [5.41, 5.74) is 0.559. The Bertz CT molecular complexity index is 831. The van der Waals surface area contributed by atoms with Gasteiger partial charge in [-0.15, -0.1) is 0 Å². The van der Waals surface area contributed by atoms with Crippen molar-refractivity contribution in [3.8, 4) is 11.5 Å². The maximum absolute atomic E-state index is 13.0. The van der Waals surface area contributed by atoms with Crippen molar-refractivity contribution < 1.29 is 23.9 Å². The van der Waals surface area contributed by atoms with Gasteiger partial charge < -0.3 is 25.0 Å². The molecule has 2 aliphatic heterocycles. The van der Waals surface area contributed by atoms with Crippen molar-refractivity contribution in [2.45, 2.75) is 53.0 Å². The number of hydrogen-bond acceptors (Lipinski definition) is 5. The Morgan fingerprint density at radius 2 is 1.72 bits per heavy atom. The molecule has 0 saturated carbocycles. The van der Waals surface area contributed by atoms with Crippen LogP contribution in [0.25, 0.3) is 0 Å². The number of fused-ring (bicyclic) bond motifs is 1. The molecule has 0 aliphatic carbocycles. The molecule has 8 heteroatoms. The van der Waals surface area contributed by atoms with Gasteiger partial charge in [0.15, 0.2) is 11.5 Å². The summed E-state index contributed by atoms with van der Waals surface area (Å²) < 4.78 is 10.7. The highest BCUT2D eigenvalue weighted by Crippen LogP contribution is 2.33. The van der Waals surface area contributed by atoms with Gasteiger partial charge in [-0.25, -0.2) is 0 Å². The van der Waals surface area contributed by atoms with Crippen molar-refractivity contribution in [3.63, 3.8) is 0 Å². The van der Waals surface area contributed by atoms with E-state index < -0.39 is 6.04 Å². The van der Waals surface area contributed by atoms with E-state index in [2.05, 4.69) is 10.6 Å². The molecule has 1 unspecified atom stereocenters. The van der Waals surface area contributed by atoms with Crippen molar-refractivity contribution in [1.82, 2.24) is 15.5 Å². The van der Waals surface area contributed by atoms with Gasteiger partial charge in [-0.1, -0.05) is 27.7 Å². The average Bonchev–Trinajstić information content (AvgIpc) is 3.23. The van der Waals surface area contributed by atoms with Crippen molar-refractivity contribution in [3.05, 3.63) is 23.8 Å². The fourth-order valence-electron chi connectivity index (χ4n) is 4.06. The first kappa shape index (κ1) is 23.9. The maximum Gasteiger partial charge on any atom is 0.253 e. The van der Waals surface area contributed by atoms with Crippen molar-refractivity contribution >= 4 is 17.7 Å². The molecule has 2 heterocycles. The van der Waals surface area contributed by atoms with Gasteiger partial charge in [0.2, 0.25) is 18.6 Å². The number of amides is 3. The summed E-state index contributed by atoms with van der Waals surface area (Å²) in [4.78, 5) is 40.1. The standard InChI is InChI=1S/C24H35N3O5/c1-15(2)11-21(28)26-22(23(29)25-13-16(3)4)17-7-9-27(10-8-17)24(30)18-5-6-19-20(12-18)32-14-31-19/h5-6,12,15-17,22H,7-11,13-14H2,1-4H3,(H,25,29)(H,26,28). The molecule has 2 N–H and O–H groups in total. The predicted molar refractivity (Wildman–Crippen MR) is 120 cm³/mol. The molecule has 3 amide bonds. The van der Waals surface area contributed by atoms with Gasteiger partial charge in [0.25, 0.3) is 5.91 Å². The highest BCUT2D eigenvalue weighted by Gasteiger charge is 2.34. The maximum atomic E-state index is 13.0. The highest BCUT2D eigenvalue weighted by atomic mass is 16.7. The van der Waals surface area contributed by atoms with E-state index in [1.165, 1.54) is 0 Å². The number of benzene rings is 1. The topological polar surface area (TPSA) is 97.0 Å². The number of carbonyl (C=O) groups is 3. The Balaban J connectivity index is 1.62. The molecule has 1 aromatic rings. The number of hydrogen-bond donors (Lipinski definition) is 2. The predicted octanol–water partition coefficient (Wildman–Crippen LogP) is 2.57. The van der Waals surface area contributed by atoms with Gasteiger partial charge in [-0.2, -0.15) is 0 Å². The van der Waals surface area contributed by atoms with Crippen LogP contribution in [-0.2, 0) is 9.59 Å². The minimum absolute atomic E-state index is 0.0147. The summed E-state index contributed by atoms with van der Waals surface area (Å²) in [5.74, 6) is 1.45. The van der Waals surface area contributed by atoms with E-state index in [0.29, 0.717) is 61.9 Å². The first-order chi connectivity index (χ1) is 15.2. The largest absolute Gasteiger partial charge is 0.454 e. The van der Waals surface area contributed by atoms with Gasteiger partial charge in [-0.05, 0) is 48.8 Å². The quantitative estimate of drug-likeness (QED) is 0.641. The lowest BCUT2D eigenvalue weighted by molar-refractivity contribution is -0.131. The SMILES string of the molecule is CC(C)CNC(=O)C(NC(=O)CC(C)C)C1CCN(C(=O)c2ccc3c(c2)OCO3)CC1. The van der Waals surface area contributed by atoms with Crippen LogP contribution < -0.4 is 20.1 Å². The first-order valence-corrected chi connectivity index (χ1v) is 11.5. The normalized spacial score (nSPS) is 16.9. The summed E-state index contributed by atoms with van der Waals surface area (Å²) >= 11 is 0. The fraction of sp³-hybridized carbons (Fsp3) is 0.625. The Morgan fingerprint density at radius 1 is 1.03 bits per heavy atom. The van der Waals surface area contributed by atoms with Crippen LogP contribution in [0.1, 0.15) is 57.3 Å². The zero-order valence-corrected chi connectivity index (χ0v) is 19.5. The first-order valence-electron chi connectivity index (χ1n) is 11.5. The monoisotopic (exact) mass is 445 g/mol. The van der Waals surface area contributed by atoms with E-state index in [-0.39, 0.29) is 36.4 Å².